The highest BCUT2D eigenvalue weighted by Crippen LogP contribution is 2.39. The van der Waals surface area contributed by atoms with Crippen LogP contribution in [0.5, 0.6) is 16.6 Å². The highest BCUT2D eigenvalue weighted by molar-refractivity contribution is 7.17. The number of likely N-dealkylation sites (N-methyl/N-ethyl adjacent to an activating group) is 2. The Kier molecular flexibility index (Phi) is 11.2. The van der Waals surface area contributed by atoms with Gasteiger partial charge in [-0.25, -0.2) is 9.78 Å². The molecule has 210 valence electrons. The van der Waals surface area contributed by atoms with E-state index < -0.39 is 12.0 Å². The molecule has 1 heterocycles. The van der Waals surface area contributed by atoms with Gasteiger partial charge in [-0.1, -0.05) is 48.4 Å². The standard InChI is InChI=1S/C27H32Cl2N4O5S/c1-6-31(7-2)13-14-32(8-3)27(35)38-24-17-30-26(39-24)33(19-10-12-22(36-4)23(16-19)37-5)25(34)20-11-9-18(28)15-21(20)29/h9-12,15-17H,6-8,13-14H2,1-5H3. The van der Waals surface area contributed by atoms with E-state index in [0.29, 0.717) is 35.3 Å². The van der Waals surface area contributed by atoms with Crippen LogP contribution in [-0.4, -0.2) is 73.7 Å². The number of hydrogen-bond acceptors (Lipinski definition) is 8. The van der Waals surface area contributed by atoms with Crippen molar-refractivity contribution in [3.8, 4) is 16.6 Å². The van der Waals surface area contributed by atoms with Crippen LogP contribution >= 0.6 is 34.5 Å². The Hall–Kier alpha value is -3.05. The van der Waals surface area contributed by atoms with Gasteiger partial charge in [-0.15, -0.1) is 0 Å². The van der Waals surface area contributed by atoms with Crippen LogP contribution < -0.4 is 19.1 Å². The lowest BCUT2D eigenvalue weighted by atomic mass is 10.1. The molecule has 2 amide bonds. The lowest BCUT2D eigenvalue weighted by Gasteiger charge is -2.24. The number of benzene rings is 2. The molecule has 2 aromatic carbocycles. The molecule has 0 bridgehead atoms. The summed E-state index contributed by atoms with van der Waals surface area (Å²) in [5.74, 6) is 0.465. The van der Waals surface area contributed by atoms with Crippen molar-refractivity contribution >= 4 is 57.4 Å². The average Bonchev–Trinajstić information content (AvgIpc) is 3.38. The van der Waals surface area contributed by atoms with Gasteiger partial charge in [0.1, 0.15) is 0 Å². The summed E-state index contributed by atoms with van der Waals surface area (Å²) in [7, 11) is 3.03. The first kappa shape index (κ1) is 30.5. The molecule has 0 atom stereocenters. The minimum Gasteiger partial charge on any atom is -0.493 e. The Morgan fingerprint density at radius 3 is 2.26 bits per heavy atom. The second-order valence-corrected chi connectivity index (χ2v) is 10.1. The first-order chi connectivity index (χ1) is 18.8. The second kappa shape index (κ2) is 14.4. The van der Waals surface area contributed by atoms with Crippen molar-refractivity contribution in [2.75, 3.05) is 51.8 Å². The minimum absolute atomic E-state index is 0.188. The fourth-order valence-corrected chi connectivity index (χ4v) is 5.07. The van der Waals surface area contributed by atoms with Crippen LogP contribution in [0.4, 0.5) is 15.6 Å². The third kappa shape index (κ3) is 7.54. The van der Waals surface area contributed by atoms with Gasteiger partial charge in [0.05, 0.1) is 36.7 Å². The Bertz CT molecular complexity index is 1280. The smallest absolute Gasteiger partial charge is 0.416 e. The van der Waals surface area contributed by atoms with Crippen molar-refractivity contribution in [3.63, 3.8) is 0 Å². The molecule has 0 fully saturated rings. The minimum atomic E-state index is -0.482. The number of thiazole rings is 1. The zero-order valence-corrected chi connectivity index (χ0v) is 24.9. The Labute approximate surface area is 242 Å². The lowest BCUT2D eigenvalue weighted by molar-refractivity contribution is 0.0999. The molecule has 1 aromatic heterocycles. The summed E-state index contributed by atoms with van der Waals surface area (Å²) in [6.07, 6.45) is 0.935. The van der Waals surface area contributed by atoms with Gasteiger partial charge in [0.2, 0.25) is 10.2 Å². The van der Waals surface area contributed by atoms with E-state index in [1.807, 2.05) is 6.92 Å². The van der Waals surface area contributed by atoms with Crippen LogP contribution in [0.2, 0.25) is 10.0 Å². The molecule has 0 saturated heterocycles. The van der Waals surface area contributed by atoms with Crippen molar-refractivity contribution in [1.29, 1.82) is 0 Å². The van der Waals surface area contributed by atoms with Crippen molar-refractivity contribution in [2.24, 2.45) is 0 Å². The number of nitrogens with zero attached hydrogens (tertiary/aromatic N) is 4. The van der Waals surface area contributed by atoms with Gasteiger partial charge in [-0.05, 0) is 50.3 Å². The highest BCUT2D eigenvalue weighted by atomic mass is 35.5. The van der Waals surface area contributed by atoms with Crippen LogP contribution in [0.15, 0.2) is 42.6 Å². The molecule has 0 aliphatic carbocycles. The maximum absolute atomic E-state index is 13.8. The number of hydrogen-bond donors (Lipinski definition) is 0. The van der Waals surface area contributed by atoms with E-state index in [9.17, 15) is 9.59 Å². The number of carbonyl (C=O) groups excluding carboxylic acids is 2. The van der Waals surface area contributed by atoms with Gasteiger partial charge < -0.3 is 24.0 Å². The summed E-state index contributed by atoms with van der Waals surface area (Å²) in [5.41, 5.74) is 0.670. The van der Waals surface area contributed by atoms with Gasteiger partial charge >= 0.3 is 6.09 Å². The zero-order valence-electron chi connectivity index (χ0n) is 22.6. The van der Waals surface area contributed by atoms with E-state index in [1.54, 1.807) is 35.2 Å². The zero-order chi connectivity index (χ0) is 28.5. The van der Waals surface area contributed by atoms with Crippen LogP contribution in [0.3, 0.4) is 0 Å². The fraction of sp³-hybridized carbons (Fsp3) is 0.370. The topological polar surface area (TPSA) is 84.4 Å². The normalized spacial score (nSPS) is 10.9. The van der Waals surface area contributed by atoms with Gasteiger partial charge in [-0.2, -0.15) is 0 Å². The molecule has 0 N–H and O–H groups in total. The monoisotopic (exact) mass is 594 g/mol. The molecule has 0 spiro atoms. The van der Waals surface area contributed by atoms with E-state index in [4.69, 9.17) is 37.4 Å². The predicted molar refractivity (Wildman–Crippen MR) is 156 cm³/mol. The molecule has 3 aromatic rings. The number of carbonyl (C=O) groups is 2. The largest absolute Gasteiger partial charge is 0.493 e. The number of anilines is 2. The molecular formula is C27H32Cl2N4O5S. The summed E-state index contributed by atoms with van der Waals surface area (Å²) >= 11 is 13.5. The van der Waals surface area contributed by atoms with Crippen LogP contribution in [0.1, 0.15) is 31.1 Å². The number of methoxy groups -OCH3 is 2. The second-order valence-electron chi connectivity index (χ2n) is 8.24. The van der Waals surface area contributed by atoms with E-state index in [1.165, 1.54) is 31.4 Å². The molecule has 0 aliphatic rings. The van der Waals surface area contributed by atoms with E-state index in [-0.39, 0.29) is 20.8 Å². The summed E-state index contributed by atoms with van der Waals surface area (Å²) in [5, 5.41) is 1.11. The molecule has 0 radical (unpaired) electrons. The highest BCUT2D eigenvalue weighted by Gasteiger charge is 2.27. The molecular weight excluding hydrogens is 563 g/mol. The van der Waals surface area contributed by atoms with Crippen LogP contribution in [0.25, 0.3) is 0 Å². The van der Waals surface area contributed by atoms with E-state index >= 15 is 0 Å². The number of aromatic nitrogens is 1. The van der Waals surface area contributed by atoms with Crippen molar-refractivity contribution in [2.45, 2.75) is 20.8 Å². The molecule has 3 rings (SSSR count). The predicted octanol–water partition coefficient (Wildman–Crippen LogP) is 6.61. The van der Waals surface area contributed by atoms with Crippen molar-refractivity contribution < 1.29 is 23.8 Å². The SMILES string of the molecule is CCN(CC)CCN(CC)C(=O)Oc1cnc(N(C(=O)c2ccc(Cl)cc2Cl)c2ccc(OC)c(OC)c2)s1. The van der Waals surface area contributed by atoms with Gasteiger partial charge in [0.25, 0.3) is 5.91 Å². The number of rotatable bonds is 12. The van der Waals surface area contributed by atoms with Crippen molar-refractivity contribution in [3.05, 3.63) is 58.2 Å². The molecule has 12 heteroatoms. The maximum atomic E-state index is 13.8. The summed E-state index contributed by atoms with van der Waals surface area (Å²) in [6, 6.07) is 9.66. The average molecular weight is 596 g/mol. The van der Waals surface area contributed by atoms with E-state index in [2.05, 4.69) is 23.7 Å². The molecule has 0 unspecified atom stereocenters. The summed E-state index contributed by atoms with van der Waals surface area (Å²) < 4.78 is 16.4. The first-order valence-electron chi connectivity index (χ1n) is 12.4. The molecule has 0 aliphatic heterocycles. The van der Waals surface area contributed by atoms with Gasteiger partial charge in [0, 0.05) is 30.7 Å². The quantitative estimate of drug-likeness (QED) is 0.233. The van der Waals surface area contributed by atoms with Gasteiger partial charge in [-0.3, -0.25) is 9.69 Å². The fourth-order valence-electron chi connectivity index (χ4n) is 3.79. The number of ether oxygens (including phenoxy) is 3. The summed E-state index contributed by atoms with van der Waals surface area (Å²) in [6.45, 7) is 9.64. The van der Waals surface area contributed by atoms with Gasteiger partial charge in [0.15, 0.2) is 11.5 Å². The van der Waals surface area contributed by atoms with Crippen LogP contribution in [-0.2, 0) is 0 Å². The van der Waals surface area contributed by atoms with Crippen LogP contribution in [0, 0.1) is 0 Å². The molecule has 0 saturated carbocycles. The summed E-state index contributed by atoms with van der Waals surface area (Å²) in [4.78, 5) is 36.3. The molecule has 39 heavy (non-hydrogen) atoms. The Morgan fingerprint density at radius 1 is 0.923 bits per heavy atom. The molecule has 9 nitrogen and oxygen atoms in total. The Balaban J connectivity index is 1.93. The van der Waals surface area contributed by atoms with Crippen molar-refractivity contribution in [1.82, 2.24) is 14.8 Å². The maximum Gasteiger partial charge on any atom is 0.416 e. The Morgan fingerprint density at radius 2 is 1.64 bits per heavy atom. The number of halogens is 2. The number of amides is 2. The third-order valence-corrected chi connectivity index (χ3v) is 7.47. The lowest BCUT2D eigenvalue weighted by Crippen LogP contribution is -2.39. The third-order valence-electron chi connectivity index (χ3n) is 6.06. The first-order valence-corrected chi connectivity index (χ1v) is 14.0. The van der Waals surface area contributed by atoms with E-state index in [0.717, 1.165) is 31.0 Å².